The maximum Gasteiger partial charge on any atom is 0.162 e. The number of hydrogen-bond acceptors (Lipinski definition) is 3. The van der Waals surface area contributed by atoms with E-state index >= 15 is 0 Å². The van der Waals surface area contributed by atoms with E-state index in [4.69, 9.17) is 4.74 Å². The molecule has 0 radical (unpaired) electrons. The van der Waals surface area contributed by atoms with Gasteiger partial charge in [-0.15, -0.1) is 0 Å². The van der Waals surface area contributed by atoms with Gasteiger partial charge in [-0.2, -0.15) is 11.8 Å². The Labute approximate surface area is 122 Å². The lowest BCUT2D eigenvalue weighted by molar-refractivity contribution is 0.370. The van der Waals surface area contributed by atoms with Crippen LogP contribution in [-0.4, -0.2) is 18.0 Å². The third kappa shape index (κ3) is 4.39. The van der Waals surface area contributed by atoms with Crippen molar-refractivity contribution in [3.05, 3.63) is 22.2 Å². The van der Waals surface area contributed by atoms with Crippen molar-refractivity contribution < 1.29 is 9.84 Å². The van der Waals surface area contributed by atoms with Crippen molar-refractivity contribution in [1.82, 2.24) is 0 Å². The van der Waals surface area contributed by atoms with Crippen molar-refractivity contribution in [2.24, 2.45) is 0 Å². The van der Waals surface area contributed by atoms with Crippen LogP contribution in [0.25, 0.3) is 0 Å². The molecule has 0 saturated carbocycles. The second kappa shape index (κ2) is 7.95. The van der Waals surface area contributed by atoms with E-state index in [2.05, 4.69) is 29.8 Å². The molecule has 1 N–H and O–H groups in total. The number of methoxy groups -OCH3 is 1. The standard InChI is InChI=1S/C14H21BrO2S/c1-4-5-6-7-18-10(2)12-8-11(15)9-13(17-3)14(12)16/h8-10,16H,4-7H2,1-3H3. The molecule has 0 heterocycles. The van der Waals surface area contributed by atoms with Crippen LogP contribution < -0.4 is 4.74 Å². The van der Waals surface area contributed by atoms with Gasteiger partial charge in [0.15, 0.2) is 11.5 Å². The highest BCUT2D eigenvalue weighted by Gasteiger charge is 2.15. The monoisotopic (exact) mass is 332 g/mol. The van der Waals surface area contributed by atoms with E-state index in [0.717, 1.165) is 15.8 Å². The Bertz CT molecular complexity index is 382. The van der Waals surface area contributed by atoms with Gasteiger partial charge in [-0.05, 0) is 31.2 Å². The molecule has 0 aliphatic rings. The molecule has 1 unspecified atom stereocenters. The van der Waals surface area contributed by atoms with Gasteiger partial charge in [-0.25, -0.2) is 0 Å². The predicted octanol–water partition coefficient (Wildman–Crippen LogP) is 5.15. The Morgan fingerprint density at radius 2 is 2.11 bits per heavy atom. The van der Waals surface area contributed by atoms with Crippen LogP contribution in [0, 0.1) is 0 Å². The molecular formula is C14H21BrO2S. The smallest absolute Gasteiger partial charge is 0.162 e. The van der Waals surface area contributed by atoms with Crippen molar-refractivity contribution in [2.75, 3.05) is 12.9 Å². The molecule has 0 spiro atoms. The molecule has 0 bridgehead atoms. The second-order valence-electron chi connectivity index (χ2n) is 4.27. The lowest BCUT2D eigenvalue weighted by Crippen LogP contribution is -1.94. The van der Waals surface area contributed by atoms with E-state index in [1.54, 1.807) is 13.2 Å². The van der Waals surface area contributed by atoms with Crippen LogP contribution in [0.4, 0.5) is 0 Å². The molecule has 0 fully saturated rings. The van der Waals surface area contributed by atoms with E-state index in [-0.39, 0.29) is 11.0 Å². The molecule has 0 aliphatic carbocycles. The maximum absolute atomic E-state index is 10.1. The molecule has 0 aromatic heterocycles. The van der Waals surface area contributed by atoms with Crippen molar-refractivity contribution >= 4 is 27.7 Å². The first-order valence-electron chi connectivity index (χ1n) is 6.28. The number of hydrogen-bond donors (Lipinski definition) is 1. The minimum absolute atomic E-state index is 0.260. The Hall–Kier alpha value is -0.350. The number of phenols is 1. The van der Waals surface area contributed by atoms with E-state index in [1.165, 1.54) is 19.3 Å². The zero-order valence-corrected chi connectivity index (χ0v) is 13.6. The van der Waals surface area contributed by atoms with Gasteiger partial charge in [0, 0.05) is 15.3 Å². The minimum atomic E-state index is 0.260. The molecule has 0 amide bonds. The third-order valence-electron chi connectivity index (χ3n) is 2.84. The number of unbranched alkanes of at least 4 members (excludes halogenated alkanes) is 2. The van der Waals surface area contributed by atoms with Gasteiger partial charge in [-0.3, -0.25) is 0 Å². The highest BCUT2D eigenvalue weighted by atomic mass is 79.9. The average molecular weight is 333 g/mol. The summed E-state index contributed by atoms with van der Waals surface area (Å²) in [6.07, 6.45) is 3.75. The first kappa shape index (κ1) is 15.7. The SMILES string of the molecule is CCCCCSC(C)c1cc(Br)cc(OC)c1O. The Balaban J connectivity index is 2.72. The molecule has 0 aliphatic heterocycles. The van der Waals surface area contributed by atoms with Gasteiger partial charge in [-0.1, -0.05) is 35.7 Å². The molecule has 18 heavy (non-hydrogen) atoms. The fourth-order valence-electron chi connectivity index (χ4n) is 1.76. The molecule has 0 saturated heterocycles. The summed E-state index contributed by atoms with van der Waals surface area (Å²) in [6, 6.07) is 3.75. The molecule has 102 valence electrons. The van der Waals surface area contributed by atoms with E-state index in [9.17, 15) is 5.11 Å². The number of thioether (sulfide) groups is 1. The first-order valence-corrected chi connectivity index (χ1v) is 8.12. The fourth-order valence-corrected chi connectivity index (χ4v) is 3.30. The molecular weight excluding hydrogens is 312 g/mol. The highest BCUT2D eigenvalue weighted by molar-refractivity contribution is 9.10. The largest absolute Gasteiger partial charge is 0.504 e. The number of aromatic hydroxyl groups is 1. The molecule has 1 atom stereocenters. The van der Waals surface area contributed by atoms with Gasteiger partial charge in [0.1, 0.15) is 0 Å². The number of halogens is 1. The topological polar surface area (TPSA) is 29.5 Å². The third-order valence-corrected chi connectivity index (χ3v) is 4.58. The van der Waals surface area contributed by atoms with Crippen LogP contribution in [0.1, 0.15) is 43.9 Å². The Morgan fingerprint density at radius 1 is 1.39 bits per heavy atom. The Kier molecular flexibility index (Phi) is 6.94. The van der Waals surface area contributed by atoms with E-state index < -0.39 is 0 Å². The van der Waals surface area contributed by atoms with Gasteiger partial charge in [0.05, 0.1) is 7.11 Å². The number of ether oxygens (including phenoxy) is 1. The van der Waals surface area contributed by atoms with Crippen LogP contribution in [0.5, 0.6) is 11.5 Å². The summed E-state index contributed by atoms with van der Waals surface area (Å²) in [6.45, 7) is 4.33. The average Bonchev–Trinajstić information content (AvgIpc) is 2.36. The van der Waals surface area contributed by atoms with Crippen LogP contribution in [0.2, 0.25) is 0 Å². The van der Waals surface area contributed by atoms with E-state index in [0.29, 0.717) is 5.75 Å². The summed E-state index contributed by atoms with van der Waals surface area (Å²) >= 11 is 5.32. The van der Waals surface area contributed by atoms with Crippen molar-refractivity contribution in [2.45, 2.75) is 38.4 Å². The first-order chi connectivity index (χ1) is 8.60. The summed E-state index contributed by atoms with van der Waals surface area (Å²) in [7, 11) is 1.57. The predicted molar refractivity (Wildman–Crippen MR) is 82.8 cm³/mol. The van der Waals surface area contributed by atoms with E-state index in [1.807, 2.05) is 17.8 Å². The molecule has 2 nitrogen and oxygen atoms in total. The summed E-state index contributed by atoms with van der Waals surface area (Å²) in [5.74, 6) is 1.92. The van der Waals surface area contributed by atoms with Crippen LogP contribution in [-0.2, 0) is 0 Å². The zero-order chi connectivity index (χ0) is 13.5. The van der Waals surface area contributed by atoms with Gasteiger partial charge < -0.3 is 9.84 Å². The summed E-state index contributed by atoms with van der Waals surface area (Å²) in [4.78, 5) is 0. The normalized spacial score (nSPS) is 12.4. The second-order valence-corrected chi connectivity index (χ2v) is 6.63. The quantitative estimate of drug-likeness (QED) is 0.700. The number of rotatable bonds is 7. The fraction of sp³-hybridized carbons (Fsp3) is 0.571. The zero-order valence-electron chi connectivity index (χ0n) is 11.2. The Morgan fingerprint density at radius 3 is 2.72 bits per heavy atom. The van der Waals surface area contributed by atoms with Crippen molar-refractivity contribution in [3.8, 4) is 11.5 Å². The minimum Gasteiger partial charge on any atom is -0.504 e. The van der Waals surface area contributed by atoms with Gasteiger partial charge in [0.2, 0.25) is 0 Å². The van der Waals surface area contributed by atoms with Crippen LogP contribution in [0.3, 0.4) is 0 Å². The molecule has 1 rings (SSSR count). The molecule has 1 aromatic rings. The number of phenolic OH excluding ortho intramolecular Hbond substituents is 1. The summed E-state index contributed by atoms with van der Waals surface area (Å²) in [5.41, 5.74) is 0.933. The van der Waals surface area contributed by atoms with Gasteiger partial charge in [0.25, 0.3) is 0 Å². The summed E-state index contributed by atoms with van der Waals surface area (Å²) < 4.78 is 6.11. The van der Waals surface area contributed by atoms with Crippen molar-refractivity contribution in [1.29, 1.82) is 0 Å². The van der Waals surface area contributed by atoms with Gasteiger partial charge >= 0.3 is 0 Å². The summed E-state index contributed by atoms with van der Waals surface area (Å²) in [5, 5.41) is 10.4. The lowest BCUT2D eigenvalue weighted by Gasteiger charge is -2.16. The van der Waals surface area contributed by atoms with Crippen molar-refractivity contribution in [3.63, 3.8) is 0 Å². The molecule has 4 heteroatoms. The highest BCUT2D eigenvalue weighted by Crippen LogP contribution is 2.41. The van der Waals surface area contributed by atoms with Crippen LogP contribution in [0.15, 0.2) is 16.6 Å². The molecule has 1 aromatic carbocycles. The number of benzene rings is 1. The van der Waals surface area contributed by atoms with Crippen LogP contribution >= 0.6 is 27.7 Å². The maximum atomic E-state index is 10.1. The lowest BCUT2D eigenvalue weighted by atomic mass is 10.1.